The number of rotatable bonds is 3. The zero-order chi connectivity index (χ0) is 11.4. The number of hydrogen-bond donors (Lipinski definition) is 2. The van der Waals surface area contributed by atoms with Crippen LogP contribution in [0.5, 0.6) is 0 Å². The summed E-state index contributed by atoms with van der Waals surface area (Å²) in [5.74, 6) is 0.00500. The third-order valence-corrected chi connectivity index (χ3v) is 4.06. The molecule has 0 unspecified atom stereocenters. The van der Waals surface area contributed by atoms with Gasteiger partial charge >= 0.3 is 0 Å². The second kappa shape index (κ2) is 4.97. The van der Waals surface area contributed by atoms with E-state index in [0.717, 1.165) is 17.7 Å². The Morgan fingerprint density at radius 1 is 1.44 bits per heavy atom. The van der Waals surface area contributed by atoms with Crippen LogP contribution in [0.3, 0.4) is 0 Å². The molecule has 2 rings (SSSR count). The molecule has 4 heteroatoms. The van der Waals surface area contributed by atoms with Crippen molar-refractivity contribution in [2.45, 2.75) is 37.6 Å². The van der Waals surface area contributed by atoms with Gasteiger partial charge in [-0.15, -0.1) is 11.3 Å². The number of carbonyl (C=O) groups excluding carboxylic acids is 1. The van der Waals surface area contributed by atoms with Crippen LogP contribution < -0.4 is 11.1 Å². The molecule has 1 aromatic rings. The van der Waals surface area contributed by atoms with Gasteiger partial charge in [-0.1, -0.05) is 25.3 Å². The Labute approximate surface area is 100 Å². The van der Waals surface area contributed by atoms with E-state index < -0.39 is 0 Å². The van der Waals surface area contributed by atoms with E-state index >= 15 is 0 Å². The number of nitrogens with two attached hydrogens (primary N) is 1. The van der Waals surface area contributed by atoms with Gasteiger partial charge in [-0.3, -0.25) is 4.79 Å². The minimum Gasteiger partial charge on any atom is -0.349 e. The third kappa shape index (κ3) is 2.83. The monoisotopic (exact) mass is 238 g/mol. The van der Waals surface area contributed by atoms with E-state index in [2.05, 4.69) is 5.32 Å². The van der Waals surface area contributed by atoms with Gasteiger partial charge < -0.3 is 11.1 Å². The highest BCUT2D eigenvalue weighted by molar-refractivity contribution is 7.12. The maximum absolute atomic E-state index is 11.7. The van der Waals surface area contributed by atoms with Crippen LogP contribution in [0.15, 0.2) is 17.5 Å². The zero-order valence-corrected chi connectivity index (χ0v) is 10.2. The van der Waals surface area contributed by atoms with Crippen molar-refractivity contribution in [3.63, 3.8) is 0 Å². The molecule has 0 bridgehead atoms. The highest BCUT2D eigenvalue weighted by Crippen LogP contribution is 2.25. The molecule has 1 aliphatic carbocycles. The van der Waals surface area contributed by atoms with Crippen molar-refractivity contribution in [3.05, 3.63) is 22.4 Å². The average Bonchev–Trinajstić information content (AvgIpc) is 2.80. The largest absolute Gasteiger partial charge is 0.349 e. The van der Waals surface area contributed by atoms with Gasteiger partial charge in [-0.05, 0) is 24.3 Å². The number of hydrogen-bond acceptors (Lipinski definition) is 3. The highest BCUT2D eigenvalue weighted by atomic mass is 32.1. The lowest BCUT2D eigenvalue weighted by Crippen LogP contribution is -2.51. The van der Waals surface area contributed by atoms with Gasteiger partial charge in [0.15, 0.2) is 0 Å². The number of amides is 1. The van der Waals surface area contributed by atoms with Gasteiger partial charge in [0, 0.05) is 12.1 Å². The van der Waals surface area contributed by atoms with Crippen LogP contribution >= 0.6 is 11.3 Å². The summed E-state index contributed by atoms with van der Waals surface area (Å²) >= 11 is 1.46. The smallest absolute Gasteiger partial charge is 0.261 e. The van der Waals surface area contributed by atoms with Crippen molar-refractivity contribution < 1.29 is 4.79 Å². The van der Waals surface area contributed by atoms with Crippen LogP contribution in [-0.4, -0.2) is 18.0 Å². The number of carbonyl (C=O) groups is 1. The molecule has 1 fully saturated rings. The first-order chi connectivity index (χ1) is 7.70. The Hall–Kier alpha value is -0.870. The molecule has 1 heterocycles. The molecule has 16 heavy (non-hydrogen) atoms. The van der Waals surface area contributed by atoms with E-state index in [1.165, 1.54) is 30.6 Å². The van der Waals surface area contributed by atoms with E-state index in [9.17, 15) is 4.79 Å². The SMILES string of the molecule is NC1(CNC(=O)c2cccs2)CCCCC1. The molecule has 1 saturated carbocycles. The molecule has 3 N–H and O–H groups in total. The molecule has 0 radical (unpaired) electrons. The summed E-state index contributed by atoms with van der Waals surface area (Å²) in [5, 5.41) is 4.85. The molecule has 1 aromatic heterocycles. The third-order valence-electron chi connectivity index (χ3n) is 3.20. The Balaban J connectivity index is 1.84. The highest BCUT2D eigenvalue weighted by Gasteiger charge is 2.27. The predicted molar refractivity (Wildman–Crippen MR) is 66.7 cm³/mol. The number of thiophene rings is 1. The fraction of sp³-hybridized carbons (Fsp3) is 0.583. The van der Waals surface area contributed by atoms with Crippen molar-refractivity contribution in [3.8, 4) is 0 Å². The quantitative estimate of drug-likeness (QED) is 0.847. The van der Waals surface area contributed by atoms with Crippen molar-refractivity contribution in [1.82, 2.24) is 5.32 Å². The minimum atomic E-state index is -0.175. The maximum Gasteiger partial charge on any atom is 0.261 e. The Kier molecular flexibility index (Phi) is 3.61. The minimum absolute atomic E-state index is 0.00500. The van der Waals surface area contributed by atoms with E-state index in [-0.39, 0.29) is 11.4 Å². The van der Waals surface area contributed by atoms with E-state index in [1.54, 1.807) is 0 Å². The molecule has 1 aliphatic rings. The molecular formula is C12H18N2OS. The molecular weight excluding hydrogens is 220 g/mol. The van der Waals surface area contributed by atoms with Crippen LogP contribution in [0.1, 0.15) is 41.8 Å². The predicted octanol–water partition coefficient (Wildman–Crippen LogP) is 2.14. The Morgan fingerprint density at radius 3 is 2.81 bits per heavy atom. The van der Waals surface area contributed by atoms with Gasteiger partial charge in [-0.2, -0.15) is 0 Å². The average molecular weight is 238 g/mol. The Bertz CT molecular complexity index is 342. The zero-order valence-electron chi connectivity index (χ0n) is 9.37. The first-order valence-corrected chi connectivity index (χ1v) is 6.68. The van der Waals surface area contributed by atoms with E-state index in [1.807, 2.05) is 17.5 Å². The van der Waals surface area contributed by atoms with Crippen LogP contribution in [0.4, 0.5) is 0 Å². The van der Waals surface area contributed by atoms with Crippen LogP contribution in [-0.2, 0) is 0 Å². The molecule has 0 saturated heterocycles. The van der Waals surface area contributed by atoms with Crippen molar-refractivity contribution in [2.75, 3.05) is 6.54 Å². The van der Waals surface area contributed by atoms with Crippen molar-refractivity contribution in [1.29, 1.82) is 0 Å². The van der Waals surface area contributed by atoms with Crippen molar-refractivity contribution in [2.24, 2.45) is 5.73 Å². The summed E-state index contributed by atoms with van der Waals surface area (Å²) < 4.78 is 0. The van der Waals surface area contributed by atoms with Gasteiger partial charge in [0.2, 0.25) is 0 Å². The van der Waals surface area contributed by atoms with Gasteiger partial charge in [0.25, 0.3) is 5.91 Å². The van der Waals surface area contributed by atoms with E-state index in [0.29, 0.717) is 6.54 Å². The summed E-state index contributed by atoms with van der Waals surface area (Å²) in [6.45, 7) is 0.601. The lowest BCUT2D eigenvalue weighted by molar-refractivity contribution is 0.0942. The fourth-order valence-corrected chi connectivity index (χ4v) is 2.82. The molecule has 0 atom stereocenters. The first kappa shape index (κ1) is 11.6. The van der Waals surface area contributed by atoms with Gasteiger partial charge in [0.05, 0.1) is 4.88 Å². The lowest BCUT2D eigenvalue weighted by atomic mass is 9.82. The van der Waals surface area contributed by atoms with Crippen molar-refractivity contribution >= 4 is 17.2 Å². The molecule has 1 amide bonds. The van der Waals surface area contributed by atoms with Crippen LogP contribution in [0, 0.1) is 0 Å². The summed E-state index contributed by atoms with van der Waals surface area (Å²) in [6.07, 6.45) is 5.70. The molecule has 88 valence electrons. The molecule has 0 aromatic carbocycles. The summed E-state index contributed by atoms with van der Waals surface area (Å²) in [6, 6.07) is 3.72. The second-order valence-electron chi connectivity index (χ2n) is 4.58. The van der Waals surface area contributed by atoms with Gasteiger partial charge in [0.1, 0.15) is 0 Å². The normalized spacial score (nSPS) is 19.3. The van der Waals surface area contributed by atoms with Gasteiger partial charge in [-0.25, -0.2) is 0 Å². The number of nitrogens with one attached hydrogen (secondary N) is 1. The second-order valence-corrected chi connectivity index (χ2v) is 5.53. The molecule has 0 aliphatic heterocycles. The topological polar surface area (TPSA) is 55.1 Å². The molecule has 0 spiro atoms. The Morgan fingerprint density at radius 2 is 2.19 bits per heavy atom. The van der Waals surface area contributed by atoms with Crippen LogP contribution in [0.25, 0.3) is 0 Å². The first-order valence-electron chi connectivity index (χ1n) is 5.80. The maximum atomic E-state index is 11.7. The molecule has 3 nitrogen and oxygen atoms in total. The summed E-state index contributed by atoms with van der Waals surface area (Å²) in [7, 11) is 0. The fourth-order valence-electron chi connectivity index (χ4n) is 2.18. The van der Waals surface area contributed by atoms with E-state index in [4.69, 9.17) is 5.73 Å². The summed E-state index contributed by atoms with van der Waals surface area (Å²) in [4.78, 5) is 12.5. The lowest BCUT2D eigenvalue weighted by Gasteiger charge is -2.33. The standard InChI is InChI=1S/C12H18N2OS/c13-12(6-2-1-3-7-12)9-14-11(15)10-5-4-8-16-10/h4-5,8H,1-3,6-7,9,13H2,(H,14,15). The summed E-state index contributed by atoms with van der Waals surface area (Å²) in [5.41, 5.74) is 6.07. The van der Waals surface area contributed by atoms with Crippen LogP contribution in [0.2, 0.25) is 0 Å².